The SMILES string of the molecule is CCOCCOc1ccccc1C(=O)NC(=S)Nc1cccc(OC(C)C)c1. The van der Waals surface area contributed by atoms with Gasteiger partial charge in [-0.05, 0) is 57.3 Å². The molecule has 0 radical (unpaired) electrons. The second kappa shape index (κ2) is 11.3. The molecule has 0 aliphatic rings. The van der Waals surface area contributed by atoms with Crippen LogP contribution in [0.1, 0.15) is 31.1 Å². The van der Waals surface area contributed by atoms with Gasteiger partial charge in [0, 0.05) is 18.4 Å². The topological polar surface area (TPSA) is 68.8 Å². The summed E-state index contributed by atoms with van der Waals surface area (Å²) in [5.74, 6) is 0.857. The van der Waals surface area contributed by atoms with E-state index in [0.29, 0.717) is 31.1 Å². The molecule has 0 aromatic heterocycles. The Morgan fingerprint density at radius 1 is 1.11 bits per heavy atom. The maximum atomic E-state index is 12.6. The first-order valence-corrected chi connectivity index (χ1v) is 9.59. The van der Waals surface area contributed by atoms with Crippen LogP contribution in [0.3, 0.4) is 0 Å². The maximum absolute atomic E-state index is 12.6. The predicted molar refractivity (Wildman–Crippen MR) is 114 cm³/mol. The quantitative estimate of drug-likeness (QED) is 0.488. The van der Waals surface area contributed by atoms with Crippen molar-refractivity contribution in [2.24, 2.45) is 0 Å². The van der Waals surface area contributed by atoms with Gasteiger partial charge in [0.15, 0.2) is 5.11 Å². The molecule has 2 aromatic carbocycles. The zero-order valence-corrected chi connectivity index (χ0v) is 17.2. The Morgan fingerprint density at radius 2 is 1.89 bits per heavy atom. The van der Waals surface area contributed by atoms with Crippen LogP contribution in [-0.2, 0) is 4.74 Å². The standard InChI is InChI=1S/C21H26N2O4S/c1-4-25-12-13-26-19-11-6-5-10-18(19)20(24)23-21(28)22-16-8-7-9-17(14-16)27-15(2)3/h5-11,14-15H,4,12-13H2,1-3H3,(H2,22,23,24,28). The molecule has 0 fully saturated rings. The lowest BCUT2D eigenvalue weighted by Crippen LogP contribution is -2.34. The fourth-order valence-corrected chi connectivity index (χ4v) is 2.60. The van der Waals surface area contributed by atoms with E-state index in [1.54, 1.807) is 18.2 Å². The van der Waals surface area contributed by atoms with Gasteiger partial charge in [-0.15, -0.1) is 0 Å². The molecule has 7 heteroatoms. The first kappa shape index (κ1) is 21.7. The van der Waals surface area contributed by atoms with Crippen LogP contribution < -0.4 is 20.1 Å². The third kappa shape index (κ3) is 7.17. The van der Waals surface area contributed by atoms with Crippen LogP contribution in [0.2, 0.25) is 0 Å². The molecule has 2 rings (SSSR count). The molecule has 0 unspecified atom stereocenters. The molecular weight excluding hydrogens is 376 g/mol. The lowest BCUT2D eigenvalue weighted by molar-refractivity contribution is 0.0958. The van der Waals surface area contributed by atoms with Gasteiger partial charge in [0.2, 0.25) is 0 Å². The summed E-state index contributed by atoms with van der Waals surface area (Å²) in [5, 5.41) is 5.86. The molecular formula is C21H26N2O4S. The van der Waals surface area contributed by atoms with E-state index in [1.165, 1.54) is 0 Å². The average Bonchev–Trinajstić information content (AvgIpc) is 2.65. The molecule has 1 amide bonds. The number of thiocarbonyl (C=S) groups is 1. The Kier molecular flexibility index (Phi) is 8.71. The van der Waals surface area contributed by atoms with Gasteiger partial charge in [0.05, 0.1) is 18.3 Å². The monoisotopic (exact) mass is 402 g/mol. The van der Waals surface area contributed by atoms with E-state index in [-0.39, 0.29) is 17.1 Å². The summed E-state index contributed by atoms with van der Waals surface area (Å²) in [6.45, 7) is 7.28. The number of para-hydroxylation sites is 1. The van der Waals surface area contributed by atoms with Gasteiger partial charge in [-0.25, -0.2) is 0 Å². The Morgan fingerprint density at radius 3 is 2.64 bits per heavy atom. The number of carbonyl (C=O) groups is 1. The van der Waals surface area contributed by atoms with Gasteiger partial charge < -0.3 is 19.5 Å². The highest BCUT2D eigenvalue weighted by atomic mass is 32.1. The van der Waals surface area contributed by atoms with E-state index in [1.807, 2.05) is 51.1 Å². The number of ether oxygens (including phenoxy) is 3. The number of rotatable bonds is 9. The highest BCUT2D eigenvalue weighted by molar-refractivity contribution is 7.80. The molecule has 0 saturated carbocycles. The van der Waals surface area contributed by atoms with Crippen molar-refractivity contribution in [3.8, 4) is 11.5 Å². The number of nitrogens with one attached hydrogen (secondary N) is 2. The van der Waals surface area contributed by atoms with E-state index in [0.717, 1.165) is 11.4 Å². The second-order valence-electron chi connectivity index (χ2n) is 6.14. The van der Waals surface area contributed by atoms with Crippen molar-refractivity contribution in [3.63, 3.8) is 0 Å². The van der Waals surface area contributed by atoms with Crippen LogP contribution >= 0.6 is 12.2 Å². The predicted octanol–water partition coefficient (Wildman–Crippen LogP) is 4.02. The fraction of sp³-hybridized carbons (Fsp3) is 0.333. The number of benzene rings is 2. The number of carbonyl (C=O) groups excluding carboxylic acids is 1. The summed E-state index contributed by atoms with van der Waals surface area (Å²) >= 11 is 5.26. The zero-order valence-electron chi connectivity index (χ0n) is 16.4. The second-order valence-corrected chi connectivity index (χ2v) is 6.55. The normalized spacial score (nSPS) is 10.4. The molecule has 28 heavy (non-hydrogen) atoms. The molecule has 150 valence electrons. The lowest BCUT2D eigenvalue weighted by Gasteiger charge is -2.14. The van der Waals surface area contributed by atoms with E-state index in [4.69, 9.17) is 26.4 Å². The van der Waals surface area contributed by atoms with Gasteiger partial charge in [0.25, 0.3) is 5.91 Å². The van der Waals surface area contributed by atoms with E-state index < -0.39 is 0 Å². The number of anilines is 1. The average molecular weight is 403 g/mol. The third-order valence-electron chi connectivity index (χ3n) is 3.51. The Balaban J connectivity index is 1.96. The molecule has 0 heterocycles. The molecule has 0 aliphatic heterocycles. The van der Waals surface area contributed by atoms with E-state index in [2.05, 4.69) is 10.6 Å². The molecule has 0 bridgehead atoms. The third-order valence-corrected chi connectivity index (χ3v) is 3.72. The van der Waals surface area contributed by atoms with Crippen LogP contribution in [0.4, 0.5) is 5.69 Å². The summed E-state index contributed by atoms with van der Waals surface area (Å²) in [6, 6.07) is 14.4. The minimum atomic E-state index is -0.348. The first-order valence-electron chi connectivity index (χ1n) is 9.18. The van der Waals surface area contributed by atoms with Gasteiger partial charge >= 0.3 is 0 Å². The highest BCUT2D eigenvalue weighted by Crippen LogP contribution is 2.20. The van der Waals surface area contributed by atoms with Crippen LogP contribution in [0.15, 0.2) is 48.5 Å². The van der Waals surface area contributed by atoms with Crippen molar-refractivity contribution in [2.75, 3.05) is 25.1 Å². The van der Waals surface area contributed by atoms with Crippen molar-refractivity contribution >= 4 is 28.9 Å². The van der Waals surface area contributed by atoms with Crippen LogP contribution in [-0.4, -0.2) is 36.9 Å². The van der Waals surface area contributed by atoms with Gasteiger partial charge in [0.1, 0.15) is 18.1 Å². The van der Waals surface area contributed by atoms with Gasteiger partial charge in [-0.2, -0.15) is 0 Å². The highest BCUT2D eigenvalue weighted by Gasteiger charge is 2.14. The molecule has 2 aromatic rings. The smallest absolute Gasteiger partial charge is 0.261 e. The Hall–Kier alpha value is -2.64. The molecule has 0 spiro atoms. The van der Waals surface area contributed by atoms with Crippen molar-refractivity contribution < 1.29 is 19.0 Å². The van der Waals surface area contributed by atoms with Gasteiger partial charge in [-0.3, -0.25) is 10.1 Å². The molecule has 2 N–H and O–H groups in total. The van der Waals surface area contributed by atoms with Crippen LogP contribution in [0, 0.1) is 0 Å². The molecule has 6 nitrogen and oxygen atoms in total. The van der Waals surface area contributed by atoms with E-state index >= 15 is 0 Å². The Labute approximate surface area is 171 Å². The Bertz CT molecular complexity index is 795. The van der Waals surface area contributed by atoms with Crippen molar-refractivity contribution in [1.82, 2.24) is 5.32 Å². The van der Waals surface area contributed by atoms with E-state index in [9.17, 15) is 4.79 Å². The largest absolute Gasteiger partial charge is 0.491 e. The molecule has 0 atom stereocenters. The van der Waals surface area contributed by atoms with Crippen LogP contribution in [0.25, 0.3) is 0 Å². The number of amides is 1. The first-order chi connectivity index (χ1) is 13.5. The van der Waals surface area contributed by atoms with Crippen molar-refractivity contribution in [2.45, 2.75) is 26.9 Å². The number of hydrogen-bond acceptors (Lipinski definition) is 5. The minimum absolute atomic E-state index is 0.0705. The minimum Gasteiger partial charge on any atom is -0.491 e. The summed E-state index contributed by atoms with van der Waals surface area (Å²) in [5.41, 5.74) is 1.13. The van der Waals surface area contributed by atoms with Gasteiger partial charge in [-0.1, -0.05) is 18.2 Å². The summed E-state index contributed by atoms with van der Waals surface area (Å²) < 4.78 is 16.6. The summed E-state index contributed by atoms with van der Waals surface area (Å²) in [6.07, 6.45) is 0.0705. The van der Waals surface area contributed by atoms with Crippen molar-refractivity contribution in [1.29, 1.82) is 0 Å². The number of hydrogen-bond donors (Lipinski definition) is 2. The summed E-state index contributed by atoms with van der Waals surface area (Å²) in [7, 11) is 0. The lowest BCUT2D eigenvalue weighted by atomic mass is 10.2. The molecule has 0 saturated heterocycles. The van der Waals surface area contributed by atoms with Crippen molar-refractivity contribution in [3.05, 3.63) is 54.1 Å². The zero-order chi connectivity index (χ0) is 20.4. The summed E-state index contributed by atoms with van der Waals surface area (Å²) in [4.78, 5) is 12.6. The molecule has 0 aliphatic carbocycles. The van der Waals surface area contributed by atoms with Crippen LogP contribution in [0.5, 0.6) is 11.5 Å². The fourth-order valence-electron chi connectivity index (χ4n) is 2.39. The maximum Gasteiger partial charge on any atom is 0.261 e.